The molecule has 0 aliphatic carbocycles. The molecule has 0 spiro atoms. The van der Waals surface area contributed by atoms with Crippen LogP contribution in [-0.4, -0.2) is 47.0 Å². The van der Waals surface area contributed by atoms with Crippen molar-refractivity contribution < 1.29 is 14.3 Å². The number of anilines is 3. The summed E-state index contributed by atoms with van der Waals surface area (Å²) >= 11 is 0. The van der Waals surface area contributed by atoms with E-state index in [0.717, 1.165) is 42.1 Å². The van der Waals surface area contributed by atoms with Gasteiger partial charge in [-0.3, -0.25) is 19.7 Å². The molecule has 2 aromatic heterocycles. The Morgan fingerprint density at radius 3 is 2.76 bits per heavy atom. The Morgan fingerprint density at radius 1 is 1.17 bits per heavy atom. The van der Waals surface area contributed by atoms with E-state index in [9.17, 15) is 10.1 Å². The Hall–Kier alpha value is -4.94. The number of hydrogen-bond acceptors (Lipinski definition) is 8. The number of ether oxygens (including phenoxy) is 2. The third kappa shape index (κ3) is 6.67. The number of likely N-dealkylation sites (N-methyl/N-ethyl adjacent to an activating group) is 1. The molecule has 5 rings (SSSR count). The van der Waals surface area contributed by atoms with E-state index in [-0.39, 0.29) is 11.9 Å². The van der Waals surface area contributed by atoms with Gasteiger partial charge in [0.25, 0.3) is 0 Å². The zero-order chi connectivity index (χ0) is 29.5. The van der Waals surface area contributed by atoms with Crippen LogP contribution in [0.1, 0.15) is 36.6 Å². The van der Waals surface area contributed by atoms with Crippen molar-refractivity contribution in [3.8, 4) is 17.6 Å². The van der Waals surface area contributed by atoms with Crippen LogP contribution in [0.25, 0.3) is 10.9 Å². The zero-order valence-electron chi connectivity index (χ0n) is 24.1. The van der Waals surface area contributed by atoms with Crippen LogP contribution in [0.4, 0.5) is 17.1 Å². The van der Waals surface area contributed by atoms with Crippen LogP contribution in [0, 0.1) is 18.3 Å². The Kier molecular flexibility index (Phi) is 8.95. The summed E-state index contributed by atoms with van der Waals surface area (Å²) in [6, 6.07) is 17.6. The van der Waals surface area contributed by atoms with Gasteiger partial charge in [0.2, 0.25) is 5.91 Å². The molecule has 4 aromatic rings. The lowest BCUT2D eigenvalue weighted by atomic mass is 10.1. The molecule has 1 aliphatic rings. The number of carbonyl (C=O) groups excluding carboxylic acids is 1. The number of carbonyl (C=O) groups is 1. The van der Waals surface area contributed by atoms with Gasteiger partial charge < -0.3 is 20.1 Å². The Labute approximate surface area is 245 Å². The van der Waals surface area contributed by atoms with E-state index in [4.69, 9.17) is 9.47 Å². The number of rotatable bonds is 10. The summed E-state index contributed by atoms with van der Waals surface area (Å²) in [6.45, 7) is 5.67. The number of pyridine rings is 2. The topological polar surface area (TPSA) is 112 Å². The number of nitrogens with one attached hydrogen (secondary N) is 2. The predicted octanol–water partition coefficient (Wildman–Crippen LogP) is 6.12. The van der Waals surface area contributed by atoms with Crippen LogP contribution in [0.5, 0.6) is 11.5 Å². The van der Waals surface area contributed by atoms with Crippen molar-refractivity contribution >= 4 is 33.9 Å². The van der Waals surface area contributed by atoms with Gasteiger partial charge in [-0.05, 0) is 82.2 Å². The van der Waals surface area contributed by atoms with Gasteiger partial charge in [0.1, 0.15) is 24.2 Å². The van der Waals surface area contributed by atoms with Crippen molar-refractivity contribution in [2.45, 2.75) is 39.3 Å². The maximum Gasteiger partial charge on any atom is 0.248 e. The van der Waals surface area contributed by atoms with Gasteiger partial charge in [-0.2, -0.15) is 5.26 Å². The molecule has 0 radical (unpaired) electrons. The summed E-state index contributed by atoms with van der Waals surface area (Å²) in [5.41, 5.74) is 4.66. The van der Waals surface area contributed by atoms with Crippen molar-refractivity contribution in [1.82, 2.24) is 14.9 Å². The molecule has 0 bridgehead atoms. The second-order valence-electron chi connectivity index (χ2n) is 10.2. The predicted molar refractivity (Wildman–Crippen MR) is 164 cm³/mol. The molecule has 42 heavy (non-hydrogen) atoms. The molecule has 0 unspecified atom stereocenters. The number of amides is 1. The standard InChI is InChI=1S/C33H34N6O3/c1-4-41-31-18-28-27(17-29(31)38-32(40)13-11-26-9-7-15-39(26)3)33(23(19-34)20-36-28)37-24-10-12-30(22(2)16-24)42-21-25-8-5-6-14-35-25/h5-6,8,10-14,16-18,20,26H,4,7,9,15,21H2,1-3H3,(H,36,37)(H,38,40)/b13-11+/t26-/m0/s1. The first-order valence-corrected chi connectivity index (χ1v) is 14.0. The minimum absolute atomic E-state index is 0.244. The highest BCUT2D eigenvalue weighted by molar-refractivity contribution is 6.05. The van der Waals surface area contributed by atoms with Crippen LogP contribution >= 0.6 is 0 Å². The van der Waals surface area contributed by atoms with Crippen molar-refractivity contribution in [2.75, 3.05) is 30.8 Å². The number of benzene rings is 2. The number of aromatic nitrogens is 2. The first-order chi connectivity index (χ1) is 20.4. The fourth-order valence-electron chi connectivity index (χ4n) is 5.03. The summed E-state index contributed by atoms with van der Waals surface area (Å²) in [6.07, 6.45) is 8.96. The van der Waals surface area contributed by atoms with E-state index in [1.807, 2.05) is 56.3 Å². The van der Waals surface area contributed by atoms with Gasteiger partial charge in [0.15, 0.2) is 0 Å². The molecule has 1 aliphatic heterocycles. The second kappa shape index (κ2) is 13.1. The number of aryl methyl sites for hydroxylation is 1. The lowest BCUT2D eigenvalue weighted by Gasteiger charge is -2.17. The molecule has 214 valence electrons. The van der Waals surface area contributed by atoms with Crippen molar-refractivity contribution in [2.24, 2.45) is 0 Å². The first-order valence-electron chi connectivity index (χ1n) is 14.0. The molecule has 9 nitrogen and oxygen atoms in total. The van der Waals surface area contributed by atoms with Crippen LogP contribution in [0.2, 0.25) is 0 Å². The Balaban J connectivity index is 1.42. The average Bonchev–Trinajstić information content (AvgIpc) is 3.41. The number of nitriles is 1. The molecule has 1 fully saturated rings. The van der Waals surface area contributed by atoms with Gasteiger partial charge in [0.05, 0.1) is 34.8 Å². The van der Waals surface area contributed by atoms with E-state index >= 15 is 0 Å². The van der Waals surface area contributed by atoms with E-state index in [1.54, 1.807) is 24.4 Å². The lowest BCUT2D eigenvalue weighted by Crippen LogP contribution is -2.23. The van der Waals surface area contributed by atoms with Crippen molar-refractivity contribution in [3.05, 3.63) is 89.9 Å². The third-order valence-corrected chi connectivity index (χ3v) is 7.24. The Morgan fingerprint density at radius 2 is 2.05 bits per heavy atom. The first kappa shape index (κ1) is 28.6. The van der Waals surface area contributed by atoms with Crippen LogP contribution in [0.3, 0.4) is 0 Å². The SMILES string of the molecule is CCOc1cc2ncc(C#N)c(Nc3ccc(OCc4ccccn4)c(C)c3)c2cc1NC(=O)/C=C/[C@@H]1CCCN1C. The molecular formula is C33H34N6O3. The largest absolute Gasteiger partial charge is 0.492 e. The van der Waals surface area contributed by atoms with Crippen LogP contribution < -0.4 is 20.1 Å². The Bertz CT molecular complexity index is 1650. The summed E-state index contributed by atoms with van der Waals surface area (Å²) < 4.78 is 11.8. The van der Waals surface area contributed by atoms with Crippen molar-refractivity contribution in [3.63, 3.8) is 0 Å². The van der Waals surface area contributed by atoms with E-state index in [0.29, 0.717) is 46.8 Å². The van der Waals surface area contributed by atoms with E-state index in [1.165, 1.54) is 6.20 Å². The average molecular weight is 563 g/mol. The van der Waals surface area contributed by atoms with Gasteiger partial charge in [-0.1, -0.05) is 12.1 Å². The molecule has 9 heteroatoms. The highest BCUT2D eigenvalue weighted by Gasteiger charge is 2.19. The maximum absolute atomic E-state index is 12.9. The molecule has 1 atom stereocenters. The summed E-state index contributed by atoms with van der Waals surface area (Å²) in [7, 11) is 2.06. The summed E-state index contributed by atoms with van der Waals surface area (Å²) in [5, 5.41) is 17.0. The minimum Gasteiger partial charge on any atom is -0.492 e. The molecule has 2 N–H and O–H groups in total. The lowest BCUT2D eigenvalue weighted by molar-refractivity contribution is -0.112. The van der Waals surface area contributed by atoms with Gasteiger partial charge in [-0.25, -0.2) is 0 Å². The van der Waals surface area contributed by atoms with Gasteiger partial charge >= 0.3 is 0 Å². The fourth-order valence-corrected chi connectivity index (χ4v) is 5.03. The highest BCUT2D eigenvalue weighted by Crippen LogP contribution is 2.37. The normalized spacial score (nSPS) is 15.0. The second-order valence-corrected chi connectivity index (χ2v) is 10.2. The number of likely N-dealkylation sites (tertiary alicyclic amines) is 1. The smallest absolute Gasteiger partial charge is 0.248 e. The van der Waals surface area contributed by atoms with E-state index < -0.39 is 0 Å². The molecule has 1 amide bonds. The highest BCUT2D eigenvalue weighted by atomic mass is 16.5. The quantitative estimate of drug-likeness (QED) is 0.222. The molecular weight excluding hydrogens is 528 g/mol. The van der Waals surface area contributed by atoms with Gasteiger partial charge in [-0.15, -0.1) is 0 Å². The number of nitrogens with zero attached hydrogens (tertiary/aromatic N) is 4. The van der Waals surface area contributed by atoms with Crippen LogP contribution in [-0.2, 0) is 11.4 Å². The van der Waals surface area contributed by atoms with Gasteiger partial charge in [0, 0.05) is 41.7 Å². The molecule has 3 heterocycles. The molecule has 1 saturated heterocycles. The molecule has 0 saturated carbocycles. The minimum atomic E-state index is -0.244. The van der Waals surface area contributed by atoms with Crippen LogP contribution in [0.15, 0.2) is 73.1 Å². The zero-order valence-corrected chi connectivity index (χ0v) is 24.1. The summed E-state index contributed by atoms with van der Waals surface area (Å²) in [4.78, 5) is 23.9. The van der Waals surface area contributed by atoms with E-state index in [2.05, 4.69) is 38.6 Å². The van der Waals surface area contributed by atoms with Crippen molar-refractivity contribution in [1.29, 1.82) is 5.26 Å². The maximum atomic E-state index is 12.9. The third-order valence-electron chi connectivity index (χ3n) is 7.24. The summed E-state index contributed by atoms with van der Waals surface area (Å²) in [5.74, 6) is 1.01. The fraction of sp³-hybridized carbons (Fsp3) is 0.273. The monoisotopic (exact) mass is 562 g/mol. The number of fused-ring (bicyclic) bond motifs is 1. The number of hydrogen-bond donors (Lipinski definition) is 2. The molecule has 2 aromatic carbocycles.